The van der Waals surface area contributed by atoms with Gasteiger partial charge in [-0.1, -0.05) is 0 Å². The van der Waals surface area contributed by atoms with E-state index in [1.54, 1.807) is 18.7 Å². The fourth-order valence-electron chi connectivity index (χ4n) is 4.49. The fourth-order valence-corrected chi connectivity index (χ4v) is 4.49. The topological polar surface area (TPSA) is 94.6 Å². The number of piperazine rings is 1. The summed E-state index contributed by atoms with van der Waals surface area (Å²) in [7, 11) is 0. The van der Waals surface area contributed by atoms with Gasteiger partial charge in [-0.25, -0.2) is 0 Å². The number of hydrogen-bond acceptors (Lipinski definition) is 8. The SMILES string of the molecule is CCOC(=O)CN1CC(=O)N(CC(=O)OCC)[C@@H]2C[C@H]3OC(C)(C)O[C@@H]3C[C@@H]21. The minimum atomic E-state index is -0.690. The van der Waals surface area contributed by atoms with Crippen molar-refractivity contribution in [1.82, 2.24) is 9.80 Å². The van der Waals surface area contributed by atoms with Gasteiger partial charge in [0.15, 0.2) is 5.79 Å². The Labute approximate surface area is 165 Å². The Morgan fingerprint density at radius 2 is 1.54 bits per heavy atom. The van der Waals surface area contributed by atoms with Crippen LogP contribution in [0.15, 0.2) is 0 Å². The number of carbonyl (C=O) groups excluding carboxylic acids is 3. The van der Waals surface area contributed by atoms with Crippen molar-refractivity contribution >= 4 is 17.8 Å². The quantitative estimate of drug-likeness (QED) is 0.590. The molecule has 0 aromatic heterocycles. The third kappa shape index (κ3) is 4.47. The Kier molecular flexibility index (Phi) is 6.26. The van der Waals surface area contributed by atoms with E-state index in [9.17, 15) is 14.4 Å². The van der Waals surface area contributed by atoms with Gasteiger partial charge in [0.25, 0.3) is 0 Å². The van der Waals surface area contributed by atoms with Crippen molar-refractivity contribution in [1.29, 1.82) is 0 Å². The van der Waals surface area contributed by atoms with Crippen molar-refractivity contribution in [3.63, 3.8) is 0 Å². The van der Waals surface area contributed by atoms with E-state index in [0.29, 0.717) is 19.4 Å². The van der Waals surface area contributed by atoms with Crippen LogP contribution in [0.4, 0.5) is 0 Å². The molecule has 2 heterocycles. The van der Waals surface area contributed by atoms with E-state index in [1.165, 1.54) is 0 Å². The molecule has 2 saturated heterocycles. The number of nitrogens with zero attached hydrogens (tertiary/aromatic N) is 2. The first-order valence-corrected chi connectivity index (χ1v) is 9.94. The summed E-state index contributed by atoms with van der Waals surface area (Å²) in [6.45, 7) is 7.77. The third-order valence-electron chi connectivity index (χ3n) is 5.45. The van der Waals surface area contributed by atoms with Gasteiger partial charge in [-0.2, -0.15) is 0 Å². The van der Waals surface area contributed by atoms with Crippen molar-refractivity contribution in [3.8, 4) is 0 Å². The molecular weight excluding hydrogens is 368 g/mol. The van der Waals surface area contributed by atoms with E-state index in [1.807, 2.05) is 18.7 Å². The summed E-state index contributed by atoms with van der Waals surface area (Å²) in [5, 5.41) is 0. The molecule has 28 heavy (non-hydrogen) atoms. The predicted molar refractivity (Wildman–Crippen MR) is 97.2 cm³/mol. The zero-order valence-electron chi connectivity index (χ0n) is 17.0. The molecule has 3 aliphatic rings. The first-order chi connectivity index (χ1) is 13.2. The van der Waals surface area contributed by atoms with Crippen LogP contribution in [0.2, 0.25) is 0 Å². The number of rotatable bonds is 6. The van der Waals surface area contributed by atoms with Gasteiger partial charge in [-0.05, 0) is 40.5 Å². The van der Waals surface area contributed by atoms with E-state index in [4.69, 9.17) is 18.9 Å². The maximum Gasteiger partial charge on any atom is 0.325 e. The first-order valence-electron chi connectivity index (χ1n) is 9.94. The lowest BCUT2D eigenvalue weighted by atomic mass is 9.82. The number of ether oxygens (including phenoxy) is 4. The molecule has 4 atom stereocenters. The Hall–Kier alpha value is -1.71. The van der Waals surface area contributed by atoms with E-state index in [-0.39, 0.29) is 62.4 Å². The van der Waals surface area contributed by atoms with Crippen LogP contribution < -0.4 is 0 Å². The van der Waals surface area contributed by atoms with Gasteiger partial charge in [-0.15, -0.1) is 0 Å². The summed E-state index contributed by atoms with van der Waals surface area (Å²) in [6, 6.07) is -0.367. The molecule has 1 saturated carbocycles. The van der Waals surface area contributed by atoms with E-state index in [2.05, 4.69) is 0 Å². The second kappa shape index (κ2) is 8.34. The summed E-state index contributed by atoms with van der Waals surface area (Å²) in [5.41, 5.74) is 0. The monoisotopic (exact) mass is 398 g/mol. The normalized spacial score (nSPS) is 31.9. The van der Waals surface area contributed by atoms with Crippen LogP contribution in [0.5, 0.6) is 0 Å². The fraction of sp³-hybridized carbons (Fsp3) is 0.842. The van der Waals surface area contributed by atoms with E-state index < -0.39 is 11.8 Å². The Balaban J connectivity index is 1.80. The molecule has 1 amide bonds. The van der Waals surface area contributed by atoms with Crippen LogP contribution >= 0.6 is 0 Å². The van der Waals surface area contributed by atoms with Crippen LogP contribution in [0, 0.1) is 0 Å². The van der Waals surface area contributed by atoms with Crippen molar-refractivity contribution in [2.24, 2.45) is 0 Å². The number of carbonyl (C=O) groups is 3. The van der Waals surface area contributed by atoms with Gasteiger partial charge < -0.3 is 23.8 Å². The average Bonchev–Trinajstić information content (AvgIpc) is 2.90. The number of esters is 2. The maximum absolute atomic E-state index is 12.8. The first kappa shape index (κ1) is 21.0. The van der Waals surface area contributed by atoms with Crippen LogP contribution in [-0.2, 0) is 33.3 Å². The molecular formula is C19H30N2O7. The molecule has 158 valence electrons. The number of hydrogen-bond donors (Lipinski definition) is 0. The maximum atomic E-state index is 12.8. The van der Waals surface area contributed by atoms with E-state index in [0.717, 1.165) is 0 Å². The number of amides is 1. The highest BCUT2D eigenvalue weighted by Crippen LogP contribution is 2.41. The molecule has 9 heteroatoms. The summed E-state index contributed by atoms with van der Waals surface area (Å²) in [5.74, 6) is -1.68. The van der Waals surface area contributed by atoms with Crippen LogP contribution in [0.3, 0.4) is 0 Å². The Morgan fingerprint density at radius 3 is 2.11 bits per heavy atom. The highest BCUT2D eigenvalue weighted by molar-refractivity contribution is 5.85. The molecule has 3 rings (SSSR count). The molecule has 2 aliphatic heterocycles. The van der Waals surface area contributed by atoms with Gasteiger partial charge in [0, 0.05) is 6.04 Å². The van der Waals surface area contributed by atoms with Crippen molar-refractivity contribution < 1.29 is 33.3 Å². The largest absolute Gasteiger partial charge is 0.465 e. The highest BCUT2D eigenvalue weighted by Gasteiger charge is 2.53. The lowest BCUT2D eigenvalue weighted by Crippen LogP contribution is -2.67. The van der Waals surface area contributed by atoms with Crippen LogP contribution in [0.1, 0.15) is 40.5 Å². The zero-order valence-corrected chi connectivity index (χ0v) is 17.0. The second-order valence-electron chi connectivity index (χ2n) is 7.86. The zero-order chi connectivity index (χ0) is 20.5. The van der Waals surface area contributed by atoms with Gasteiger partial charge in [0.1, 0.15) is 6.54 Å². The molecule has 9 nitrogen and oxygen atoms in total. The van der Waals surface area contributed by atoms with Gasteiger partial charge in [0.2, 0.25) is 5.91 Å². The summed E-state index contributed by atoms with van der Waals surface area (Å²) < 4.78 is 22.1. The van der Waals surface area contributed by atoms with Gasteiger partial charge in [0.05, 0.1) is 44.6 Å². The summed E-state index contributed by atoms with van der Waals surface area (Å²) >= 11 is 0. The molecule has 1 aliphatic carbocycles. The Morgan fingerprint density at radius 1 is 1.00 bits per heavy atom. The van der Waals surface area contributed by atoms with Crippen LogP contribution in [0.25, 0.3) is 0 Å². The second-order valence-corrected chi connectivity index (χ2v) is 7.86. The molecule has 0 aromatic rings. The van der Waals surface area contributed by atoms with Crippen molar-refractivity contribution in [3.05, 3.63) is 0 Å². The molecule has 0 radical (unpaired) electrons. The average molecular weight is 398 g/mol. The van der Waals surface area contributed by atoms with Crippen LogP contribution in [-0.4, -0.2) is 90.6 Å². The van der Waals surface area contributed by atoms with Gasteiger partial charge in [-0.3, -0.25) is 19.3 Å². The summed E-state index contributed by atoms with van der Waals surface area (Å²) in [4.78, 5) is 40.3. The minimum Gasteiger partial charge on any atom is -0.465 e. The van der Waals surface area contributed by atoms with E-state index >= 15 is 0 Å². The molecule has 0 N–H and O–H groups in total. The predicted octanol–water partition coefficient (Wildman–Crippen LogP) is 0.308. The standard InChI is InChI=1S/C19H30N2O7/c1-5-25-17(23)10-20-9-16(22)21(11-18(24)26-6-2)13-8-15-14(7-12(13)20)27-19(3,4)28-15/h12-15H,5-11H2,1-4H3/t12-,13+,14+,15+/m0/s1. The molecule has 0 spiro atoms. The molecule has 0 unspecified atom stereocenters. The summed E-state index contributed by atoms with van der Waals surface area (Å²) in [6.07, 6.45) is 0.892. The molecule has 0 aromatic carbocycles. The lowest BCUT2D eigenvalue weighted by Gasteiger charge is -2.50. The van der Waals surface area contributed by atoms with Gasteiger partial charge >= 0.3 is 11.9 Å². The minimum absolute atomic E-state index is 0.0373. The van der Waals surface area contributed by atoms with Crippen molar-refractivity contribution in [2.45, 2.75) is 70.6 Å². The molecule has 3 fully saturated rings. The highest BCUT2D eigenvalue weighted by atomic mass is 16.8. The lowest BCUT2D eigenvalue weighted by molar-refractivity contribution is -0.162. The Bertz CT molecular complexity index is 623. The number of fused-ring (bicyclic) bond motifs is 2. The molecule has 0 bridgehead atoms. The smallest absolute Gasteiger partial charge is 0.325 e. The van der Waals surface area contributed by atoms with Crippen molar-refractivity contribution in [2.75, 3.05) is 32.8 Å². The third-order valence-corrected chi connectivity index (χ3v) is 5.45.